The topological polar surface area (TPSA) is 107 Å². The minimum atomic E-state index is -3.93. The fourth-order valence-corrected chi connectivity index (χ4v) is 6.36. The molecule has 0 aliphatic carbocycles. The molecule has 0 radical (unpaired) electrons. The number of sulfonamides is 1. The van der Waals surface area contributed by atoms with Crippen LogP contribution in [0.5, 0.6) is 5.75 Å². The van der Waals surface area contributed by atoms with Gasteiger partial charge in [0, 0.05) is 37.8 Å². The first-order chi connectivity index (χ1) is 17.7. The molecule has 0 fully saturated rings. The van der Waals surface area contributed by atoms with Gasteiger partial charge in [0.1, 0.15) is 16.7 Å². The third-order valence-electron chi connectivity index (χ3n) is 6.64. The Morgan fingerprint density at radius 2 is 1.97 bits per heavy atom. The lowest BCUT2D eigenvalue weighted by Gasteiger charge is -2.37. The Morgan fingerprint density at radius 3 is 2.68 bits per heavy atom. The summed E-state index contributed by atoms with van der Waals surface area (Å²) in [6, 6.07) is 19.5. The van der Waals surface area contributed by atoms with E-state index in [1.54, 1.807) is 49.5 Å². The third-order valence-corrected chi connectivity index (χ3v) is 8.66. The summed E-state index contributed by atoms with van der Waals surface area (Å²) in [6.45, 7) is 4.78. The molecule has 37 heavy (non-hydrogen) atoms. The van der Waals surface area contributed by atoms with Crippen molar-refractivity contribution in [2.45, 2.75) is 37.4 Å². The van der Waals surface area contributed by atoms with Gasteiger partial charge in [0.15, 0.2) is 0 Å². The van der Waals surface area contributed by atoms with E-state index in [0.29, 0.717) is 18.7 Å². The highest BCUT2D eigenvalue weighted by Gasteiger charge is 2.38. The summed E-state index contributed by atoms with van der Waals surface area (Å²) in [6.07, 6.45) is 1.44. The zero-order valence-corrected chi connectivity index (χ0v) is 22.1. The maximum absolute atomic E-state index is 13.7. The van der Waals surface area contributed by atoms with Crippen molar-refractivity contribution < 1.29 is 18.3 Å². The number of benzene rings is 2. The van der Waals surface area contributed by atoms with E-state index in [1.165, 1.54) is 4.31 Å². The van der Waals surface area contributed by atoms with E-state index in [2.05, 4.69) is 16.0 Å². The average molecular weight is 521 g/mol. The summed E-state index contributed by atoms with van der Waals surface area (Å²) >= 11 is 0. The van der Waals surface area contributed by atoms with Crippen molar-refractivity contribution in [3.8, 4) is 22.9 Å². The molecule has 1 aliphatic heterocycles. The Balaban J connectivity index is 1.74. The Bertz CT molecular complexity index is 1370. The molecule has 2 heterocycles. The van der Waals surface area contributed by atoms with Gasteiger partial charge in [-0.3, -0.25) is 9.88 Å². The maximum Gasteiger partial charge on any atom is 0.247 e. The van der Waals surface area contributed by atoms with Gasteiger partial charge in [-0.2, -0.15) is 9.57 Å². The zero-order chi connectivity index (χ0) is 26.6. The van der Waals surface area contributed by atoms with Crippen LogP contribution >= 0.6 is 0 Å². The van der Waals surface area contributed by atoms with Crippen molar-refractivity contribution in [2.24, 2.45) is 5.92 Å². The fourth-order valence-electron chi connectivity index (χ4n) is 4.53. The van der Waals surface area contributed by atoms with Gasteiger partial charge < -0.3 is 9.84 Å². The Kier molecular flexibility index (Phi) is 8.25. The highest BCUT2D eigenvalue weighted by Crippen LogP contribution is 2.36. The Morgan fingerprint density at radius 1 is 1.19 bits per heavy atom. The van der Waals surface area contributed by atoms with Crippen LogP contribution < -0.4 is 4.74 Å². The van der Waals surface area contributed by atoms with Crippen LogP contribution in [0.2, 0.25) is 0 Å². The number of fused-ring (bicyclic) bond motifs is 1. The second kappa shape index (κ2) is 11.4. The second-order valence-corrected chi connectivity index (χ2v) is 11.5. The van der Waals surface area contributed by atoms with Crippen LogP contribution in [0.1, 0.15) is 25.1 Å². The van der Waals surface area contributed by atoms with Gasteiger partial charge in [-0.1, -0.05) is 31.2 Å². The van der Waals surface area contributed by atoms with E-state index in [0.717, 1.165) is 16.8 Å². The SMILES string of the molecule is C[C@H](CO)N1C[C@H](C)[C@@H](CN(C)Cc2ccccn2)Oc2cc(-c3cccc(C#N)c3)ccc2S1(=O)=O. The number of aliphatic hydroxyl groups is 1. The quantitative estimate of drug-likeness (QED) is 0.508. The molecule has 1 aromatic heterocycles. The van der Waals surface area contributed by atoms with Crippen LogP contribution in [0.3, 0.4) is 0 Å². The predicted octanol–water partition coefficient (Wildman–Crippen LogP) is 3.52. The van der Waals surface area contributed by atoms with Gasteiger partial charge in [-0.25, -0.2) is 8.42 Å². The molecular formula is C28H32N4O4S. The number of pyridine rings is 1. The van der Waals surface area contributed by atoms with Gasteiger partial charge in [0.25, 0.3) is 0 Å². The molecule has 0 saturated heterocycles. The van der Waals surface area contributed by atoms with Gasteiger partial charge in [-0.15, -0.1) is 0 Å². The van der Waals surface area contributed by atoms with E-state index < -0.39 is 16.1 Å². The molecule has 3 aromatic rings. The van der Waals surface area contributed by atoms with Gasteiger partial charge >= 0.3 is 0 Å². The smallest absolute Gasteiger partial charge is 0.247 e. The van der Waals surface area contributed by atoms with Crippen LogP contribution in [0.25, 0.3) is 11.1 Å². The summed E-state index contributed by atoms with van der Waals surface area (Å²) in [5, 5.41) is 19.2. The summed E-state index contributed by atoms with van der Waals surface area (Å²) in [4.78, 5) is 6.58. The molecule has 0 saturated carbocycles. The van der Waals surface area contributed by atoms with E-state index >= 15 is 0 Å². The highest BCUT2D eigenvalue weighted by molar-refractivity contribution is 7.89. The number of likely N-dealkylation sites (N-methyl/N-ethyl adjacent to an activating group) is 1. The number of nitrogens with zero attached hydrogens (tertiary/aromatic N) is 4. The van der Waals surface area contributed by atoms with Crippen LogP contribution in [-0.4, -0.2) is 66.6 Å². The maximum atomic E-state index is 13.7. The first-order valence-corrected chi connectivity index (χ1v) is 13.7. The number of hydrogen-bond donors (Lipinski definition) is 1. The van der Waals surface area contributed by atoms with Crippen LogP contribution in [-0.2, 0) is 16.6 Å². The van der Waals surface area contributed by atoms with E-state index in [-0.39, 0.29) is 35.8 Å². The molecule has 194 valence electrons. The summed E-state index contributed by atoms with van der Waals surface area (Å²) in [7, 11) is -1.94. The van der Waals surface area contributed by atoms with Crippen LogP contribution in [0, 0.1) is 17.2 Å². The summed E-state index contributed by atoms with van der Waals surface area (Å²) < 4.78 is 35.3. The monoisotopic (exact) mass is 520 g/mol. The summed E-state index contributed by atoms with van der Waals surface area (Å²) in [5.74, 6) is 0.103. The van der Waals surface area contributed by atoms with Crippen molar-refractivity contribution in [1.29, 1.82) is 5.26 Å². The molecule has 3 atom stereocenters. The van der Waals surface area contributed by atoms with E-state index in [1.807, 2.05) is 38.2 Å². The third kappa shape index (κ3) is 6.00. The molecule has 4 rings (SSSR count). The highest BCUT2D eigenvalue weighted by atomic mass is 32.2. The second-order valence-electron chi connectivity index (χ2n) is 9.61. The largest absolute Gasteiger partial charge is 0.487 e. The molecule has 1 N–H and O–H groups in total. The average Bonchev–Trinajstić information content (AvgIpc) is 2.90. The number of aliphatic hydroxyl groups excluding tert-OH is 1. The Labute approximate surface area is 218 Å². The minimum absolute atomic E-state index is 0.0669. The molecule has 8 nitrogen and oxygen atoms in total. The number of aromatic nitrogens is 1. The molecule has 0 bridgehead atoms. The van der Waals surface area contributed by atoms with Crippen LogP contribution in [0.15, 0.2) is 71.8 Å². The lowest BCUT2D eigenvalue weighted by molar-refractivity contribution is 0.0731. The van der Waals surface area contributed by atoms with Crippen molar-refractivity contribution in [3.05, 3.63) is 78.1 Å². The Hall–Kier alpha value is -3.29. The standard InChI is InChI=1S/C28H32N4O4S/c1-20-16-32(21(2)19-33)37(34,35)28-11-10-24(23-8-6-7-22(13-23)15-29)14-26(28)36-27(20)18-31(3)17-25-9-4-5-12-30-25/h4-14,20-21,27,33H,16-19H2,1-3H3/t20-,21+,27+/m0/s1. The predicted molar refractivity (Wildman–Crippen MR) is 141 cm³/mol. The number of nitriles is 1. The molecular weight excluding hydrogens is 488 g/mol. The summed E-state index contributed by atoms with van der Waals surface area (Å²) in [5.41, 5.74) is 2.99. The first-order valence-electron chi connectivity index (χ1n) is 12.3. The van der Waals surface area contributed by atoms with E-state index in [4.69, 9.17) is 4.74 Å². The number of rotatable bonds is 7. The van der Waals surface area contributed by atoms with Crippen molar-refractivity contribution in [3.63, 3.8) is 0 Å². The molecule has 2 aromatic carbocycles. The van der Waals surface area contributed by atoms with Gasteiger partial charge in [0.2, 0.25) is 10.0 Å². The molecule has 0 spiro atoms. The fraction of sp³-hybridized carbons (Fsp3) is 0.357. The van der Waals surface area contributed by atoms with Crippen LogP contribution in [0.4, 0.5) is 0 Å². The van der Waals surface area contributed by atoms with Gasteiger partial charge in [0.05, 0.1) is 23.9 Å². The molecule has 0 unspecified atom stereocenters. The van der Waals surface area contributed by atoms with Crippen molar-refractivity contribution in [2.75, 3.05) is 26.7 Å². The lowest BCUT2D eigenvalue weighted by atomic mass is 10.0. The number of ether oxygens (including phenoxy) is 1. The van der Waals surface area contributed by atoms with Crippen molar-refractivity contribution >= 4 is 10.0 Å². The molecule has 0 amide bonds. The minimum Gasteiger partial charge on any atom is -0.487 e. The molecule has 1 aliphatic rings. The van der Waals surface area contributed by atoms with E-state index in [9.17, 15) is 18.8 Å². The normalized spacial score (nSPS) is 20.2. The van der Waals surface area contributed by atoms with Crippen molar-refractivity contribution in [1.82, 2.24) is 14.2 Å². The lowest BCUT2D eigenvalue weighted by Crippen LogP contribution is -2.49. The number of hydrogen-bond acceptors (Lipinski definition) is 7. The first kappa shape index (κ1) is 26.8. The molecule has 9 heteroatoms. The zero-order valence-electron chi connectivity index (χ0n) is 21.3. The van der Waals surface area contributed by atoms with Gasteiger partial charge in [-0.05, 0) is 61.5 Å².